The molecule has 1 aliphatic rings. The van der Waals surface area contributed by atoms with Crippen LogP contribution in [0.15, 0.2) is 90.2 Å². The van der Waals surface area contributed by atoms with E-state index >= 15 is 0 Å². The zero-order valence-corrected chi connectivity index (χ0v) is 18.8. The van der Waals surface area contributed by atoms with E-state index in [0.29, 0.717) is 5.92 Å². The van der Waals surface area contributed by atoms with Crippen molar-refractivity contribution in [2.24, 2.45) is 5.92 Å². The Kier molecular flexibility index (Phi) is 6.13. The molecular weight excluding hydrogens is 378 g/mol. The van der Waals surface area contributed by atoms with Gasteiger partial charge in [0, 0.05) is 34.1 Å². The van der Waals surface area contributed by atoms with Crippen molar-refractivity contribution in [2.75, 3.05) is 16.0 Å². The van der Waals surface area contributed by atoms with Crippen LogP contribution in [0.3, 0.4) is 0 Å². The van der Waals surface area contributed by atoms with Crippen molar-refractivity contribution in [3.05, 3.63) is 101 Å². The van der Waals surface area contributed by atoms with Crippen molar-refractivity contribution in [3.8, 4) is 0 Å². The molecule has 0 saturated heterocycles. The highest BCUT2D eigenvalue weighted by atomic mass is 14.9. The Morgan fingerprint density at radius 1 is 0.645 bits per heavy atom. The van der Waals surface area contributed by atoms with Crippen LogP contribution in [0.5, 0.6) is 0 Å². The van der Waals surface area contributed by atoms with Gasteiger partial charge in [0.25, 0.3) is 0 Å². The summed E-state index contributed by atoms with van der Waals surface area (Å²) in [6.07, 6.45) is 5.59. The third-order valence-electron chi connectivity index (χ3n) is 5.34. The molecule has 3 aromatic rings. The van der Waals surface area contributed by atoms with Crippen molar-refractivity contribution in [2.45, 2.75) is 34.1 Å². The van der Waals surface area contributed by atoms with Crippen LogP contribution in [-0.2, 0) is 0 Å². The van der Waals surface area contributed by atoms with Crippen molar-refractivity contribution < 1.29 is 0 Å². The second kappa shape index (κ2) is 9.13. The SMILES string of the molecule is CC1=CC(C)CC(Nc2cc(Nc3cccc(C)c3)cc(Nc3cccc(C)c3)c2)=C1. The summed E-state index contributed by atoms with van der Waals surface area (Å²) in [5.41, 5.74) is 10.4. The number of rotatable bonds is 6. The van der Waals surface area contributed by atoms with Gasteiger partial charge in [0.2, 0.25) is 0 Å². The second-order valence-electron chi connectivity index (χ2n) is 8.67. The summed E-state index contributed by atoms with van der Waals surface area (Å²) in [6, 6.07) is 23.4. The van der Waals surface area contributed by atoms with Crippen molar-refractivity contribution in [1.82, 2.24) is 0 Å². The van der Waals surface area contributed by atoms with Gasteiger partial charge in [-0.3, -0.25) is 0 Å². The van der Waals surface area contributed by atoms with Gasteiger partial charge in [-0.05, 0) is 92.8 Å². The summed E-state index contributed by atoms with van der Waals surface area (Å²) in [7, 11) is 0. The maximum atomic E-state index is 3.66. The van der Waals surface area contributed by atoms with Crippen LogP contribution in [0.2, 0.25) is 0 Å². The minimum Gasteiger partial charge on any atom is -0.359 e. The quantitative estimate of drug-likeness (QED) is 0.385. The van der Waals surface area contributed by atoms with Gasteiger partial charge in [0.1, 0.15) is 0 Å². The largest absolute Gasteiger partial charge is 0.359 e. The lowest BCUT2D eigenvalue weighted by atomic mass is 9.96. The summed E-state index contributed by atoms with van der Waals surface area (Å²) in [5.74, 6) is 0.547. The number of hydrogen-bond acceptors (Lipinski definition) is 3. The molecule has 0 fully saturated rings. The lowest BCUT2D eigenvalue weighted by Crippen LogP contribution is -2.08. The average Bonchev–Trinajstić information content (AvgIpc) is 2.67. The summed E-state index contributed by atoms with van der Waals surface area (Å²) < 4.78 is 0. The van der Waals surface area contributed by atoms with Crippen molar-refractivity contribution in [1.29, 1.82) is 0 Å². The van der Waals surface area contributed by atoms with E-state index in [1.165, 1.54) is 22.4 Å². The highest BCUT2D eigenvalue weighted by Crippen LogP contribution is 2.31. The first-order valence-electron chi connectivity index (χ1n) is 10.9. The first-order chi connectivity index (χ1) is 14.9. The van der Waals surface area contributed by atoms with Gasteiger partial charge >= 0.3 is 0 Å². The molecular formula is C28H31N3. The molecule has 0 amide bonds. The van der Waals surface area contributed by atoms with E-state index in [2.05, 4.69) is 123 Å². The Morgan fingerprint density at radius 3 is 1.65 bits per heavy atom. The highest BCUT2D eigenvalue weighted by molar-refractivity contribution is 5.75. The molecule has 3 heteroatoms. The van der Waals surface area contributed by atoms with E-state index < -0.39 is 0 Å². The molecule has 0 aliphatic heterocycles. The third-order valence-corrected chi connectivity index (χ3v) is 5.34. The zero-order valence-electron chi connectivity index (χ0n) is 18.8. The van der Waals surface area contributed by atoms with Crippen LogP contribution >= 0.6 is 0 Å². The Labute approximate surface area is 185 Å². The van der Waals surface area contributed by atoms with Crippen LogP contribution in [0, 0.1) is 19.8 Å². The van der Waals surface area contributed by atoms with Gasteiger partial charge in [0.15, 0.2) is 0 Å². The summed E-state index contributed by atoms with van der Waals surface area (Å²) in [4.78, 5) is 0. The Hall–Kier alpha value is -3.46. The molecule has 0 heterocycles. The molecule has 0 bridgehead atoms. The maximum Gasteiger partial charge on any atom is 0.0425 e. The number of hydrogen-bond donors (Lipinski definition) is 3. The first-order valence-corrected chi connectivity index (χ1v) is 10.9. The average molecular weight is 410 g/mol. The molecule has 0 radical (unpaired) electrons. The standard InChI is InChI=1S/C28H31N3/c1-19-7-5-9-23(12-19)29-26-16-27(30-24-10-6-8-20(2)13-24)18-28(17-26)31-25-14-21(3)11-22(4)15-25/h5-14,16-18,22,29-31H,15H2,1-4H3. The number of aryl methyl sites for hydroxylation is 2. The van der Waals surface area contributed by atoms with Crippen LogP contribution in [0.4, 0.5) is 28.4 Å². The predicted molar refractivity (Wildman–Crippen MR) is 135 cm³/mol. The van der Waals surface area contributed by atoms with E-state index in [4.69, 9.17) is 0 Å². The normalized spacial score (nSPS) is 15.7. The topological polar surface area (TPSA) is 36.1 Å². The predicted octanol–water partition coefficient (Wildman–Crippen LogP) is 8.07. The van der Waals surface area contributed by atoms with E-state index in [0.717, 1.165) is 34.9 Å². The third kappa shape index (κ3) is 5.79. The second-order valence-corrected chi connectivity index (χ2v) is 8.67. The van der Waals surface area contributed by atoms with Gasteiger partial charge in [0.05, 0.1) is 0 Å². The fourth-order valence-corrected chi connectivity index (χ4v) is 4.13. The molecule has 3 N–H and O–H groups in total. The Morgan fingerprint density at radius 2 is 1.16 bits per heavy atom. The number of benzene rings is 3. The first kappa shape index (κ1) is 20.8. The van der Waals surface area contributed by atoms with Crippen LogP contribution in [0.1, 0.15) is 31.4 Å². The fourth-order valence-electron chi connectivity index (χ4n) is 4.13. The number of anilines is 5. The molecule has 0 aromatic heterocycles. The summed E-state index contributed by atoms with van der Waals surface area (Å²) in [5, 5.41) is 10.8. The van der Waals surface area contributed by atoms with Crippen molar-refractivity contribution >= 4 is 28.4 Å². The molecule has 31 heavy (non-hydrogen) atoms. The molecule has 0 saturated carbocycles. The minimum atomic E-state index is 0.547. The van der Waals surface area contributed by atoms with Gasteiger partial charge in [-0.25, -0.2) is 0 Å². The van der Waals surface area contributed by atoms with E-state index in [1.54, 1.807) is 0 Å². The highest BCUT2D eigenvalue weighted by Gasteiger charge is 2.11. The van der Waals surface area contributed by atoms with Crippen LogP contribution in [0.25, 0.3) is 0 Å². The van der Waals surface area contributed by atoms with Crippen molar-refractivity contribution in [3.63, 3.8) is 0 Å². The number of nitrogens with one attached hydrogen (secondary N) is 3. The molecule has 3 aromatic carbocycles. The van der Waals surface area contributed by atoms with Gasteiger partial charge in [-0.15, -0.1) is 0 Å². The molecule has 4 rings (SSSR count). The van der Waals surface area contributed by atoms with Gasteiger partial charge in [-0.2, -0.15) is 0 Å². The molecule has 158 valence electrons. The Balaban J connectivity index is 1.65. The molecule has 0 spiro atoms. The van der Waals surface area contributed by atoms with Crippen LogP contribution in [-0.4, -0.2) is 0 Å². The van der Waals surface area contributed by atoms with E-state index in [1.807, 2.05) is 0 Å². The summed E-state index contributed by atoms with van der Waals surface area (Å²) >= 11 is 0. The smallest absolute Gasteiger partial charge is 0.0425 e. The lowest BCUT2D eigenvalue weighted by molar-refractivity contribution is 0.702. The van der Waals surface area contributed by atoms with Gasteiger partial charge in [-0.1, -0.05) is 42.8 Å². The molecule has 1 unspecified atom stereocenters. The monoisotopic (exact) mass is 409 g/mol. The number of allylic oxidation sites excluding steroid dienone is 4. The lowest BCUT2D eigenvalue weighted by Gasteiger charge is -2.20. The zero-order chi connectivity index (χ0) is 21.8. The summed E-state index contributed by atoms with van der Waals surface area (Å²) in [6.45, 7) is 8.65. The molecule has 1 aliphatic carbocycles. The van der Waals surface area contributed by atoms with Crippen LogP contribution < -0.4 is 16.0 Å². The van der Waals surface area contributed by atoms with Gasteiger partial charge < -0.3 is 16.0 Å². The van der Waals surface area contributed by atoms with E-state index in [-0.39, 0.29) is 0 Å². The minimum absolute atomic E-state index is 0.547. The molecule has 3 nitrogen and oxygen atoms in total. The van der Waals surface area contributed by atoms with E-state index in [9.17, 15) is 0 Å². The Bertz CT molecular complexity index is 1070. The molecule has 1 atom stereocenters. The maximum absolute atomic E-state index is 3.66. The fraction of sp³-hybridized carbons (Fsp3) is 0.214.